The quantitative estimate of drug-likeness (QED) is 0.492. The Morgan fingerprint density at radius 2 is 1.48 bits per heavy atom. The molecule has 1 aliphatic rings. The molecule has 4 heteroatoms. The molecule has 1 aliphatic carbocycles. The summed E-state index contributed by atoms with van der Waals surface area (Å²) >= 11 is 0. The minimum absolute atomic E-state index is 0.715. The van der Waals surface area contributed by atoms with Crippen molar-refractivity contribution < 1.29 is 13.0 Å². The largest absolute Gasteiger partial charge is 0.286 e. The molecule has 0 fully saturated rings. The first kappa shape index (κ1) is 16.0. The lowest BCUT2D eigenvalue weighted by atomic mass is 9.86. The average Bonchev–Trinajstić information content (AvgIpc) is 2.52. The molecule has 0 saturated heterocycles. The van der Waals surface area contributed by atoms with E-state index >= 15 is 0 Å². The van der Waals surface area contributed by atoms with Gasteiger partial charge < -0.3 is 0 Å². The van der Waals surface area contributed by atoms with Crippen LogP contribution in [0, 0.1) is 0 Å². The lowest BCUT2D eigenvalue weighted by molar-refractivity contribution is 0.490. The number of benzene rings is 3. The Kier molecular flexibility index (Phi) is 4.37. The van der Waals surface area contributed by atoms with E-state index in [0.29, 0.717) is 6.26 Å². The summed E-state index contributed by atoms with van der Waals surface area (Å²) < 4.78 is 25.9. The van der Waals surface area contributed by atoms with Gasteiger partial charge in [-0.25, -0.2) is 0 Å². The highest BCUT2D eigenvalue weighted by atomic mass is 32.2. The first-order valence-corrected chi connectivity index (χ1v) is 9.63. The molecular formula is C19H20O3S. The minimum Gasteiger partial charge on any atom is -0.286 e. The van der Waals surface area contributed by atoms with Crippen LogP contribution in [0.15, 0.2) is 48.5 Å². The molecule has 0 spiro atoms. The monoisotopic (exact) mass is 328 g/mol. The normalized spacial score (nSPS) is 14.2. The van der Waals surface area contributed by atoms with Gasteiger partial charge in [-0.2, -0.15) is 8.42 Å². The third kappa shape index (κ3) is 3.71. The Balaban J connectivity index is 0.000000276. The van der Waals surface area contributed by atoms with E-state index in [-0.39, 0.29) is 0 Å². The van der Waals surface area contributed by atoms with Crippen molar-refractivity contribution in [2.24, 2.45) is 0 Å². The number of hydrogen-bond acceptors (Lipinski definition) is 2. The highest BCUT2D eigenvalue weighted by Crippen LogP contribution is 2.33. The van der Waals surface area contributed by atoms with Crippen molar-refractivity contribution in [2.75, 3.05) is 6.26 Å². The van der Waals surface area contributed by atoms with Crippen LogP contribution in [0.3, 0.4) is 0 Å². The summed E-state index contributed by atoms with van der Waals surface area (Å²) in [5.41, 5.74) is 3.17. The van der Waals surface area contributed by atoms with E-state index in [1.807, 2.05) is 0 Å². The maximum atomic E-state index is 9.19. The molecule has 0 amide bonds. The number of hydrogen-bond donors (Lipinski definition) is 1. The van der Waals surface area contributed by atoms with Crippen molar-refractivity contribution in [3.05, 3.63) is 59.7 Å². The van der Waals surface area contributed by atoms with E-state index in [4.69, 9.17) is 4.55 Å². The van der Waals surface area contributed by atoms with Crippen LogP contribution in [0.1, 0.15) is 24.0 Å². The zero-order valence-corrected chi connectivity index (χ0v) is 13.9. The molecule has 1 N–H and O–H groups in total. The van der Waals surface area contributed by atoms with Gasteiger partial charge in [-0.05, 0) is 58.4 Å². The van der Waals surface area contributed by atoms with E-state index < -0.39 is 10.1 Å². The van der Waals surface area contributed by atoms with Crippen molar-refractivity contribution in [1.29, 1.82) is 0 Å². The van der Waals surface area contributed by atoms with Crippen molar-refractivity contribution >= 4 is 31.7 Å². The van der Waals surface area contributed by atoms with Gasteiger partial charge >= 0.3 is 0 Å². The van der Waals surface area contributed by atoms with Crippen LogP contribution in [0.5, 0.6) is 0 Å². The highest BCUT2D eigenvalue weighted by molar-refractivity contribution is 7.85. The predicted molar refractivity (Wildman–Crippen MR) is 95.6 cm³/mol. The summed E-state index contributed by atoms with van der Waals surface area (Å²) in [4.78, 5) is 0. The molecule has 23 heavy (non-hydrogen) atoms. The van der Waals surface area contributed by atoms with Crippen LogP contribution < -0.4 is 0 Å². The van der Waals surface area contributed by atoms with Gasteiger partial charge in [0.2, 0.25) is 0 Å². The highest BCUT2D eigenvalue weighted by Gasteiger charge is 2.13. The lowest BCUT2D eigenvalue weighted by Crippen LogP contribution is -2.02. The average molecular weight is 328 g/mol. The van der Waals surface area contributed by atoms with Gasteiger partial charge in [-0.15, -0.1) is 0 Å². The molecule has 0 unspecified atom stereocenters. The van der Waals surface area contributed by atoms with Gasteiger partial charge in [0.1, 0.15) is 0 Å². The van der Waals surface area contributed by atoms with E-state index in [9.17, 15) is 8.42 Å². The molecule has 0 aromatic heterocycles. The SMILES string of the molecule is CS(=O)(=O)O.c1ccc2c(c1)ccc1c3c(ccc12)CCCC3. The third-order valence-electron chi connectivity index (χ3n) is 4.26. The van der Waals surface area contributed by atoms with Crippen LogP contribution >= 0.6 is 0 Å². The van der Waals surface area contributed by atoms with Gasteiger partial charge in [-0.1, -0.05) is 48.5 Å². The smallest absolute Gasteiger partial charge is 0.261 e. The topological polar surface area (TPSA) is 54.4 Å². The van der Waals surface area contributed by atoms with Crippen molar-refractivity contribution in [1.82, 2.24) is 0 Å². The maximum Gasteiger partial charge on any atom is 0.261 e. The maximum absolute atomic E-state index is 9.19. The first-order chi connectivity index (χ1) is 10.9. The van der Waals surface area contributed by atoms with Crippen LogP contribution in [-0.4, -0.2) is 19.2 Å². The zero-order valence-electron chi connectivity index (χ0n) is 13.1. The standard InChI is InChI=1S/C18H16.CH4O3S/c1-3-7-15-13(5-1)9-11-18-16-8-4-2-6-14(16)10-12-17(15)18;1-5(2,3)4/h1,3,5,7,9-12H,2,4,6,8H2;1H3,(H,2,3,4). The molecular weight excluding hydrogens is 308 g/mol. The van der Waals surface area contributed by atoms with Crippen molar-refractivity contribution in [3.63, 3.8) is 0 Å². The zero-order chi connectivity index (χ0) is 16.4. The van der Waals surface area contributed by atoms with Crippen LogP contribution in [0.25, 0.3) is 21.5 Å². The molecule has 3 aromatic carbocycles. The summed E-state index contributed by atoms with van der Waals surface area (Å²) in [6, 6.07) is 18.0. The summed E-state index contributed by atoms with van der Waals surface area (Å²) in [6.07, 6.45) is 5.93. The van der Waals surface area contributed by atoms with Gasteiger partial charge in [0.05, 0.1) is 6.26 Å². The Bertz CT molecular complexity index is 951. The van der Waals surface area contributed by atoms with Crippen molar-refractivity contribution in [3.8, 4) is 0 Å². The van der Waals surface area contributed by atoms with Gasteiger partial charge in [0.15, 0.2) is 0 Å². The third-order valence-corrected chi connectivity index (χ3v) is 4.26. The Morgan fingerprint density at radius 1 is 0.826 bits per heavy atom. The number of aryl methyl sites for hydroxylation is 2. The van der Waals surface area contributed by atoms with Crippen LogP contribution in [0.4, 0.5) is 0 Å². The van der Waals surface area contributed by atoms with Crippen molar-refractivity contribution in [2.45, 2.75) is 25.7 Å². The molecule has 0 radical (unpaired) electrons. The molecule has 0 atom stereocenters. The number of rotatable bonds is 0. The van der Waals surface area contributed by atoms with E-state index in [1.54, 1.807) is 11.1 Å². The van der Waals surface area contributed by atoms with Crippen LogP contribution in [-0.2, 0) is 23.0 Å². The Hall–Kier alpha value is -1.91. The first-order valence-electron chi connectivity index (χ1n) is 7.78. The molecule has 0 aliphatic heterocycles. The summed E-state index contributed by atoms with van der Waals surface area (Å²) in [5, 5.41) is 5.64. The molecule has 3 aromatic rings. The second kappa shape index (κ2) is 6.30. The summed E-state index contributed by atoms with van der Waals surface area (Å²) in [5.74, 6) is 0. The van der Waals surface area contributed by atoms with Gasteiger partial charge in [0.25, 0.3) is 10.1 Å². The summed E-state index contributed by atoms with van der Waals surface area (Å²) in [6.45, 7) is 0. The Labute approximate surface area is 136 Å². The minimum atomic E-state index is -3.67. The van der Waals surface area contributed by atoms with Crippen LogP contribution in [0.2, 0.25) is 0 Å². The van der Waals surface area contributed by atoms with Gasteiger partial charge in [-0.3, -0.25) is 4.55 Å². The Morgan fingerprint density at radius 3 is 2.26 bits per heavy atom. The second-order valence-electron chi connectivity index (χ2n) is 6.03. The molecule has 0 heterocycles. The van der Waals surface area contributed by atoms with Gasteiger partial charge in [0, 0.05) is 0 Å². The molecule has 0 saturated carbocycles. The molecule has 0 bridgehead atoms. The number of fused-ring (bicyclic) bond motifs is 5. The summed E-state index contributed by atoms with van der Waals surface area (Å²) in [7, 11) is -3.67. The van der Waals surface area contributed by atoms with E-state index in [0.717, 1.165) is 0 Å². The molecule has 4 rings (SSSR count). The fourth-order valence-electron chi connectivity index (χ4n) is 3.34. The molecule has 120 valence electrons. The van der Waals surface area contributed by atoms with E-state index in [2.05, 4.69) is 48.5 Å². The molecule has 3 nitrogen and oxygen atoms in total. The predicted octanol–water partition coefficient (Wildman–Crippen LogP) is 4.38. The fourth-order valence-corrected chi connectivity index (χ4v) is 3.34. The van der Waals surface area contributed by atoms with E-state index in [1.165, 1.54) is 47.2 Å². The fraction of sp³-hybridized carbons (Fsp3) is 0.263. The lowest BCUT2D eigenvalue weighted by Gasteiger charge is -2.18. The second-order valence-corrected chi connectivity index (χ2v) is 7.49.